The van der Waals surface area contributed by atoms with Crippen molar-refractivity contribution in [2.75, 3.05) is 0 Å². The van der Waals surface area contributed by atoms with Gasteiger partial charge in [0.15, 0.2) is 0 Å². The summed E-state index contributed by atoms with van der Waals surface area (Å²) in [6.07, 6.45) is 3.24. The first-order valence-electron chi connectivity index (χ1n) is 15.0. The van der Waals surface area contributed by atoms with Crippen molar-refractivity contribution in [3.8, 4) is 22.6 Å². The Kier molecular flexibility index (Phi) is 10.5. The van der Waals surface area contributed by atoms with Crippen LogP contribution < -0.4 is 5.19 Å². The van der Waals surface area contributed by atoms with Gasteiger partial charge in [-0.25, -0.2) is 0 Å². The zero-order valence-corrected chi connectivity index (χ0v) is 31.5. The van der Waals surface area contributed by atoms with E-state index < -0.39 is 8.07 Å². The van der Waals surface area contributed by atoms with Gasteiger partial charge in [-0.2, -0.15) is 11.3 Å². The Morgan fingerprint density at radius 3 is 2.27 bits per heavy atom. The van der Waals surface area contributed by atoms with Crippen LogP contribution in [0.2, 0.25) is 19.6 Å². The number of hydrogen-bond donors (Lipinski definition) is 0. The van der Waals surface area contributed by atoms with Gasteiger partial charge in [-0.3, -0.25) is 9.97 Å². The predicted octanol–water partition coefficient (Wildman–Crippen LogP) is 9.24. The quantitative estimate of drug-likeness (QED) is 0.129. The van der Waals surface area contributed by atoms with Crippen molar-refractivity contribution in [3.05, 3.63) is 95.6 Å². The minimum absolute atomic E-state index is 0. The van der Waals surface area contributed by atoms with Crippen molar-refractivity contribution in [3.63, 3.8) is 0 Å². The van der Waals surface area contributed by atoms with Crippen LogP contribution in [0.5, 0.6) is 0 Å². The first kappa shape index (κ1) is 33.9. The number of nitrogens with zero attached hydrogens (tertiary/aromatic N) is 4. The second-order valence-electron chi connectivity index (χ2n) is 13.7. The molecule has 0 aliphatic heterocycles. The van der Waals surface area contributed by atoms with Gasteiger partial charge in [-0.05, 0) is 45.6 Å². The largest absolute Gasteiger partial charge is 0.367 e. The van der Waals surface area contributed by atoms with Crippen LogP contribution in [0, 0.1) is 18.1 Å². The Balaban J connectivity index is 0.000000199. The zero-order chi connectivity index (χ0) is 30.9. The molecular weight excluding hydrogens is 753 g/mol. The molecule has 0 spiro atoms. The van der Waals surface area contributed by atoms with E-state index in [9.17, 15) is 0 Å². The van der Waals surface area contributed by atoms with E-state index in [0.717, 1.165) is 55.3 Å². The number of aryl methyl sites for hydroxylation is 1. The summed E-state index contributed by atoms with van der Waals surface area (Å²) in [5.41, 5.74) is 7.86. The molecule has 1 radical (unpaired) electrons. The number of thiazole rings is 1. The van der Waals surface area contributed by atoms with Gasteiger partial charge >= 0.3 is 0 Å². The van der Waals surface area contributed by atoms with Crippen LogP contribution in [0.1, 0.15) is 45.2 Å². The van der Waals surface area contributed by atoms with E-state index in [0.29, 0.717) is 5.92 Å². The van der Waals surface area contributed by atoms with Gasteiger partial charge in [-0.1, -0.05) is 83.6 Å². The summed E-state index contributed by atoms with van der Waals surface area (Å²) >= 11 is 1.75. The number of fused-ring (bicyclic) bond motifs is 2. The van der Waals surface area contributed by atoms with Crippen molar-refractivity contribution in [1.29, 1.82) is 0 Å². The van der Waals surface area contributed by atoms with Crippen LogP contribution in [0.4, 0.5) is 0 Å². The monoisotopic (exact) mass is 795 g/mol. The molecule has 0 bridgehead atoms. The fourth-order valence-electron chi connectivity index (χ4n) is 5.23. The Hall–Kier alpha value is -2.96. The summed E-state index contributed by atoms with van der Waals surface area (Å²) in [6.45, 7) is 18.3. The van der Waals surface area contributed by atoms with Gasteiger partial charge in [0.2, 0.25) is 0 Å². The molecule has 0 fully saturated rings. The minimum atomic E-state index is -1.34. The molecule has 7 heteroatoms. The summed E-state index contributed by atoms with van der Waals surface area (Å²) in [4.78, 5) is 14.3. The summed E-state index contributed by atoms with van der Waals surface area (Å²) < 4.78 is 3.30. The molecular formula is C37H42IrN4SSi-2. The molecule has 0 saturated carbocycles. The molecule has 3 aromatic carbocycles. The zero-order valence-electron chi connectivity index (χ0n) is 27.2. The molecule has 0 aliphatic carbocycles. The van der Waals surface area contributed by atoms with Crippen LogP contribution in [0.3, 0.4) is 0 Å². The maximum Gasteiger partial charge on any atom is 0.0881 e. The molecule has 231 valence electrons. The first-order valence-corrected chi connectivity index (χ1v) is 19.3. The van der Waals surface area contributed by atoms with E-state index in [2.05, 4.69) is 107 Å². The molecule has 3 aromatic heterocycles. The maximum atomic E-state index is 4.82. The topological polar surface area (TPSA) is 43.6 Å². The van der Waals surface area contributed by atoms with E-state index in [4.69, 9.17) is 9.97 Å². The molecule has 6 aromatic rings. The molecule has 0 amide bonds. The second kappa shape index (κ2) is 13.6. The van der Waals surface area contributed by atoms with Crippen LogP contribution in [0.15, 0.2) is 72.9 Å². The molecule has 44 heavy (non-hydrogen) atoms. The van der Waals surface area contributed by atoms with Crippen molar-refractivity contribution < 1.29 is 20.1 Å². The van der Waals surface area contributed by atoms with Gasteiger partial charge in [0.1, 0.15) is 0 Å². The van der Waals surface area contributed by atoms with Gasteiger partial charge in [0, 0.05) is 38.8 Å². The summed E-state index contributed by atoms with van der Waals surface area (Å²) in [5, 5.41) is 2.64. The van der Waals surface area contributed by atoms with Crippen LogP contribution in [-0.4, -0.2) is 27.6 Å². The third-order valence-electron chi connectivity index (χ3n) is 7.41. The van der Waals surface area contributed by atoms with Crippen LogP contribution in [0.25, 0.3) is 43.9 Å². The van der Waals surface area contributed by atoms with Crippen molar-refractivity contribution >= 4 is 45.8 Å². The molecule has 0 aliphatic rings. The number of hydrogen-bond acceptors (Lipinski definition) is 4. The maximum absolute atomic E-state index is 4.82. The SMILES string of the molecule is CC(C)Cc1cc(-c2[c-]cccc2)ncc1[Si](C)(C)C.Cn1c(-c2[c-]ccc3nc(C(C)(C)C)sc23)nc2ccccc21.[Ir]. The summed E-state index contributed by atoms with van der Waals surface area (Å²) in [6, 6.07) is 29.2. The molecule has 4 nitrogen and oxygen atoms in total. The number of pyridine rings is 1. The fourth-order valence-corrected chi connectivity index (χ4v) is 7.93. The molecule has 0 N–H and O–H groups in total. The minimum Gasteiger partial charge on any atom is -0.367 e. The van der Waals surface area contributed by atoms with Crippen LogP contribution in [-0.2, 0) is 39.0 Å². The Morgan fingerprint density at radius 1 is 0.909 bits per heavy atom. The van der Waals surface area contributed by atoms with E-state index in [-0.39, 0.29) is 25.5 Å². The van der Waals surface area contributed by atoms with E-state index in [1.807, 2.05) is 48.5 Å². The van der Waals surface area contributed by atoms with Crippen molar-refractivity contribution in [2.24, 2.45) is 13.0 Å². The number of rotatable bonds is 5. The molecule has 0 saturated heterocycles. The van der Waals surface area contributed by atoms with Gasteiger partial charge in [-0.15, -0.1) is 54.1 Å². The Bertz CT molecular complexity index is 1860. The molecule has 6 rings (SSSR count). The average Bonchev–Trinajstić information content (AvgIpc) is 3.55. The second-order valence-corrected chi connectivity index (χ2v) is 19.7. The third kappa shape index (κ3) is 7.46. The third-order valence-corrected chi connectivity index (χ3v) is 11.0. The van der Waals surface area contributed by atoms with E-state index >= 15 is 0 Å². The number of para-hydroxylation sites is 2. The summed E-state index contributed by atoms with van der Waals surface area (Å²) in [7, 11) is 0.717. The Labute approximate surface area is 281 Å². The van der Waals surface area contributed by atoms with E-state index in [1.165, 1.54) is 10.8 Å². The van der Waals surface area contributed by atoms with Gasteiger partial charge in [0.05, 0.1) is 29.9 Å². The van der Waals surface area contributed by atoms with Crippen LogP contribution >= 0.6 is 11.3 Å². The van der Waals surface area contributed by atoms with Crippen molar-refractivity contribution in [2.45, 2.75) is 66.1 Å². The number of benzene rings is 3. The molecule has 3 heterocycles. The number of aromatic nitrogens is 4. The number of imidazole rings is 1. The normalized spacial score (nSPS) is 11.9. The fraction of sp³-hybridized carbons (Fsp3) is 0.324. The predicted molar refractivity (Wildman–Crippen MR) is 187 cm³/mol. The summed E-state index contributed by atoms with van der Waals surface area (Å²) in [5.74, 6) is 1.61. The standard InChI is InChI=1S/C19H18N3S.C18H24NSi.Ir/c1-19(2,3)18-21-14-10-7-8-12(16(14)23-18)17-20-13-9-5-6-11-15(13)22(17)4;1-14(2)11-16-12-17(15-9-7-6-8-10-15)19-13-18(16)20(3,4)5;/h5-7,9-11H,1-4H3;6-9,12-14H,11H2,1-5H3;/q2*-1;. The molecule has 0 atom stereocenters. The van der Waals surface area contributed by atoms with Gasteiger partial charge < -0.3 is 9.55 Å². The van der Waals surface area contributed by atoms with Gasteiger partial charge in [0.25, 0.3) is 0 Å². The molecule has 0 unspecified atom stereocenters. The first-order chi connectivity index (χ1) is 20.3. The van der Waals surface area contributed by atoms with E-state index in [1.54, 1.807) is 11.3 Å². The Morgan fingerprint density at radius 2 is 1.64 bits per heavy atom. The average molecular weight is 795 g/mol. The smallest absolute Gasteiger partial charge is 0.0881 e. The van der Waals surface area contributed by atoms with Crippen molar-refractivity contribution in [1.82, 2.24) is 19.5 Å².